The topological polar surface area (TPSA) is 63.3 Å². The second-order valence-electron chi connectivity index (χ2n) is 3.31. The first-order valence-corrected chi connectivity index (χ1v) is 5.39. The molecule has 0 atom stereocenters. The highest BCUT2D eigenvalue weighted by Crippen LogP contribution is 2.39. The first-order chi connectivity index (χ1) is 7.77. The van der Waals surface area contributed by atoms with E-state index in [1.54, 1.807) is 0 Å². The van der Waals surface area contributed by atoms with Gasteiger partial charge in [0.2, 0.25) is 0 Å². The zero-order valence-electron chi connectivity index (χ0n) is 8.51. The standard InChI is InChI=1S/C10H9BrF3NO2/c11-5-3-6(8(16)1-2-15)9(17)7(4-5)10(12,13)14/h3-4,17H,1-2,15H2. The van der Waals surface area contributed by atoms with Crippen molar-refractivity contribution < 1.29 is 23.1 Å². The number of ketones is 1. The van der Waals surface area contributed by atoms with E-state index in [4.69, 9.17) is 5.73 Å². The Labute approximate surface area is 104 Å². The van der Waals surface area contributed by atoms with Crippen LogP contribution < -0.4 is 5.73 Å². The van der Waals surface area contributed by atoms with Crippen molar-refractivity contribution in [3.05, 3.63) is 27.7 Å². The highest BCUT2D eigenvalue weighted by Gasteiger charge is 2.36. The second-order valence-corrected chi connectivity index (χ2v) is 4.22. The zero-order valence-corrected chi connectivity index (χ0v) is 10.1. The van der Waals surface area contributed by atoms with Gasteiger partial charge in [-0.1, -0.05) is 15.9 Å². The van der Waals surface area contributed by atoms with Gasteiger partial charge >= 0.3 is 6.18 Å². The van der Waals surface area contributed by atoms with Crippen molar-refractivity contribution in [1.29, 1.82) is 0 Å². The minimum atomic E-state index is -4.72. The molecule has 0 heterocycles. The Balaban J connectivity index is 3.34. The molecule has 0 saturated heterocycles. The van der Waals surface area contributed by atoms with Crippen molar-refractivity contribution in [3.63, 3.8) is 0 Å². The average molecular weight is 312 g/mol. The lowest BCUT2D eigenvalue weighted by atomic mass is 10.0. The highest BCUT2D eigenvalue weighted by atomic mass is 79.9. The normalized spacial score (nSPS) is 11.6. The molecule has 0 aliphatic rings. The maximum Gasteiger partial charge on any atom is 0.420 e. The third kappa shape index (κ3) is 3.19. The van der Waals surface area contributed by atoms with Crippen LogP contribution >= 0.6 is 15.9 Å². The number of alkyl halides is 3. The van der Waals surface area contributed by atoms with Gasteiger partial charge in [0.1, 0.15) is 5.75 Å². The van der Waals surface area contributed by atoms with E-state index in [0.29, 0.717) is 6.07 Å². The van der Waals surface area contributed by atoms with Crippen LogP contribution in [0.2, 0.25) is 0 Å². The number of rotatable bonds is 3. The first kappa shape index (κ1) is 14.0. The van der Waals surface area contributed by atoms with Crippen molar-refractivity contribution in [2.45, 2.75) is 12.6 Å². The molecule has 0 aliphatic carbocycles. The van der Waals surface area contributed by atoms with E-state index in [2.05, 4.69) is 15.9 Å². The van der Waals surface area contributed by atoms with Crippen LogP contribution in [0, 0.1) is 0 Å². The van der Waals surface area contributed by atoms with Crippen molar-refractivity contribution >= 4 is 21.7 Å². The van der Waals surface area contributed by atoms with Gasteiger partial charge in [-0.15, -0.1) is 0 Å². The Bertz CT molecular complexity index is 446. The Morgan fingerprint density at radius 3 is 2.47 bits per heavy atom. The van der Waals surface area contributed by atoms with Gasteiger partial charge in [0.05, 0.1) is 11.1 Å². The minimum absolute atomic E-state index is 0.00609. The van der Waals surface area contributed by atoms with Crippen molar-refractivity contribution in [2.24, 2.45) is 5.73 Å². The van der Waals surface area contributed by atoms with E-state index in [9.17, 15) is 23.1 Å². The molecule has 0 saturated carbocycles. The minimum Gasteiger partial charge on any atom is -0.507 e. The average Bonchev–Trinajstić information content (AvgIpc) is 2.19. The van der Waals surface area contributed by atoms with E-state index in [0.717, 1.165) is 6.07 Å². The number of phenolic OH excluding ortho intramolecular Hbond substituents is 1. The SMILES string of the molecule is NCCC(=O)c1cc(Br)cc(C(F)(F)F)c1O. The van der Waals surface area contributed by atoms with Gasteiger partial charge in [0.15, 0.2) is 5.78 Å². The lowest BCUT2D eigenvalue weighted by Gasteiger charge is -2.12. The number of nitrogens with two attached hydrogens (primary N) is 1. The molecule has 3 N–H and O–H groups in total. The number of halogens is 4. The Hall–Kier alpha value is -1.08. The molecular weight excluding hydrogens is 303 g/mol. The Morgan fingerprint density at radius 1 is 1.41 bits per heavy atom. The summed E-state index contributed by atoms with van der Waals surface area (Å²) in [4.78, 5) is 11.5. The fraction of sp³-hybridized carbons (Fsp3) is 0.300. The number of hydrogen-bond donors (Lipinski definition) is 2. The largest absolute Gasteiger partial charge is 0.507 e. The maximum absolute atomic E-state index is 12.5. The van der Waals surface area contributed by atoms with Crippen molar-refractivity contribution in [2.75, 3.05) is 6.54 Å². The number of hydrogen-bond acceptors (Lipinski definition) is 3. The molecule has 3 nitrogen and oxygen atoms in total. The van der Waals surface area contributed by atoms with Crippen LogP contribution in [-0.2, 0) is 6.18 Å². The molecule has 1 aromatic carbocycles. The number of phenols is 1. The molecule has 0 radical (unpaired) electrons. The van der Waals surface area contributed by atoms with Gasteiger partial charge in [-0.2, -0.15) is 13.2 Å². The molecule has 0 spiro atoms. The third-order valence-electron chi connectivity index (χ3n) is 2.05. The van der Waals surface area contributed by atoms with Crippen LogP contribution in [0.15, 0.2) is 16.6 Å². The smallest absolute Gasteiger partial charge is 0.420 e. The van der Waals surface area contributed by atoms with E-state index in [-0.39, 0.29) is 23.0 Å². The van der Waals surface area contributed by atoms with Crippen LogP contribution in [0.25, 0.3) is 0 Å². The molecule has 0 aliphatic heterocycles. The monoisotopic (exact) mass is 311 g/mol. The molecule has 1 rings (SSSR count). The van der Waals surface area contributed by atoms with Gasteiger partial charge in [-0.05, 0) is 18.7 Å². The van der Waals surface area contributed by atoms with Gasteiger partial charge in [-0.3, -0.25) is 4.79 Å². The second kappa shape index (κ2) is 5.05. The summed E-state index contributed by atoms with van der Waals surface area (Å²) in [5.41, 5.74) is 3.52. The summed E-state index contributed by atoms with van der Waals surface area (Å²) in [6.07, 6.45) is -4.84. The van der Waals surface area contributed by atoms with Crippen LogP contribution in [-0.4, -0.2) is 17.4 Å². The molecule has 0 aromatic heterocycles. The lowest BCUT2D eigenvalue weighted by Crippen LogP contribution is -2.12. The molecular formula is C10H9BrF3NO2. The summed E-state index contributed by atoms with van der Waals surface area (Å²) in [6.45, 7) is 0.00609. The highest BCUT2D eigenvalue weighted by molar-refractivity contribution is 9.10. The summed E-state index contributed by atoms with van der Waals surface area (Å²) in [6, 6.07) is 1.86. The quantitative estimate of drug-likeness (QED) is 0.844. The first-order valence-electron chi connectivity index (χ1n) is 4.60. The number of carbonyl (C=O) groups is 1. The molecule has 1 aromatic rings. The maximum atomic E-state index is 12.5. The summed E-state index contributed by atoms with van der Waals surface area (Å²) in [5.74, 6) is -1.68. The van der Waals surface area contributed by atoms with Crippen LogP contribution in [0.4, 0.5) is 13.2 Å². The lowest BCUT2D eigenvalue weighted by molar-refractivity contribution is -0.138. The zero-order chi connectivity index (χ0) is 13.2. The molecule has 7 heteroatoms. The fourth-order valence-corrected chi connectivity index (χ4v) is 1.75. The molecule has 0 fully saturated rings. The van der Waals surface area contributed by atoms with Crippen LogP contribution in [0.5, 0.6) is 5.75 Å². The van der Waals surface area contributed by atoms with Gasteiger partial charge < -0.3 is 10.8 Å². The molecule has 0 unspecified atom stereocenters. The van der Waals surface area contributed by atoms with Gasteiger partial charge in [0, 0.05) is 10.9 Å². The third-order valence-corrected chi connectivity index (χ3v) is 2.51. The summed E-state index contributed by atoms with van der Waals surface area (Å²) < 4.78 is 37.7. The molecule has 94 valence electrons. The van der Waals surface area contributed by atoms with E-state index < -0.39 is 23.3 Å². The van der Waals surface area contributed by atoms with E-state index >= 15 is 0 Å². The van der Waals surface area contributed by atoms with Gasteiger partial charge in [-0.25, -0.2) is 0 Å². The predicted molar refractivity (Wildman–Crippen MR) is 58.8 cm³/mol. The van der Waals surface area contributed by atoms with Crippen molar-refractivity contribution in [3.8, 4) is 5.75 Å². The van der Waals surface area contributed by atoms with Crippen molar-refractivity contribution in [1.82, 2.24) is 0 Å². The Morgan fingerprint density at radius 2 is 2.00 bits per heavy atom. The molecule has 17 heavy (non-hydrogen) atoms. The summed E-state index contributed by atoms with van der Waals surface area (Å²) >= 11 is 2.86. The number of carbonyl (C=O) groups excluding carboxylic acids is 1. The summed E-state index contributed by atoms with van der Waals surface area (Å²) in [7, 11) is 0. The number of aromatic hydroxyl groups is 1. The molecule has 0 bridgehead atoms. The van der Waals surface area contributed by atoms with Crippen LogP contribution in [0.1, 0.15) is 22.3 Å². The molecule has 0 amide bonds. The predicted octanol–water partition coefficient (Wildman–Crippen LogP) is 2.71. The van der Waals surface area contributed by atoms with E-state index in [1.807, 2.05) is 0 Å². The van der Waals surface area contributed by atoms with Gasteiger partial charge in [0.25, 0.3) is 0 Å². The fourth-order valence-electron chi connectivity index (χ4n) is 1.29. The number of benzene rings is 1. The Kier molecular flexibility index (Phi) is 4.16. The number of Topliss-reactive ketones (excluding diaryl/α,β-unsaturated/α-hetero) is 1. The van der Waals surface area contributed by atoms with E-state index in [1.165, 1.54) is 0 Å². The summed E-state index contributed by atoms with van der Waals surface area (Å²) in [5, 5.41) is 9.44. The van der Waals surface area contributed by atoms with Crippen LogP contribution in [0.3, 0.4) is 0 Å².